The van der Waals surface area contributed by atoms with E-state index in [0.717, 1.165) is 19.6 Å². The second kappa shape index (κ2) is 6.70. The van der Waals surface area contributed by atoms with Crippen molar-refractivity contribution in [2.75, 3.05) is 27.2 Å². The molecule has 0 radical (unpaired) electrons. The van der Waals surface area contributed by atoms with Crippen LogP contribution in [0.4, 0.5) is 0 Å². The Morgan fingerprint density at radius 2 is 2.15 bits per heavy atom. The van der Waals surface area contributed by atoms with Crippen molar-refractivity contribution >= 4 is 0 Å². The maximum Gasteiger partial charge on any atom is 0.0702 e. The number of benzene rings is 1. The normalized spacial score (nSPS) is 24.3. The number of likely N-dealkylation sites (N-methyl/N-ethyl adjacent to an activating group) is 2. The average molecular weight is 276 g/mol. The SMILES string of the molecule is CNC(CN(C)C1CCOC1C)c1ccc(C)cc1C. The van der Waals surface area contributed by atoms with Crippen LogP contribution in [0.1, 0.15) is 36.1 Å². The molecule has 1 aliphatic heterocycles. The molecule has 3 atom stereocenters. The van der Waals surface area contributed by atoms with Crippen molar-refractivity contribution in [3.8, 4) is 0 Å². The van der Waals surface area contributed by atoms with E-state index >= 15 is 0 Å². The first kappa shape index (κ1) is 15.5. The minimum atomic E-state index is 0.344. The van der Waals surface area contributed by atoms with Crippen molar-refractivity contribution < 1.29 is 4.74 Å². The van der Waals surface area contributed by atoms with Gasteiger partial charge in [0.25, 0.3) is 0 Å². The van der Waals surface area contributed by atoms with Gasteiger partial charge in [0.15, 0.2) is 0 Å². The number of rotatable bonds is 5. The van der Waals surface area contributed by atoms with Gasteiger partial charge in [0.1, 0.15) is 0 Å². The smallest absolute Gasteiger partial charge is 0.0702 e. The quantitative estimate of drug-likeness (QED) is 0.895. The number of hydrogen-bond acceptors (Lipinski definition) is 3. The first-order chi connectivity index (χ1) is 9.52. The Morgan fingerprint density at radius 3 is 2.70 bits per heavy atom. The predicted molar refractivity (Wildman–Crippen MR) is 84.2 cm³/mol. The fourth-order valence-electron chi connectivity index (χ4n) is 3.28. The van der Waals surface area contributed by atoms with Gasteiger partial charge in [0.2, 0.25) is 0 Å². The molecule has 1 aromatic carbocycles. The topological polar surface area (TPSA) is 24.5 Å². The summed E-state index contributed by atoms with van der Waals surface area (Å²) >= 11 is 0. The molecular weight excluding hydrogens is 248 g/mol. The van der Waals surface area contributed by atoms with E-state index in [1.807, 2.05) is 7.05 Å². The number of nitrogens with one attached hydrogen (secondary N) is 1. The van der Waals surface area contributed by atoms with Gasteiger partial charge in [-0.1, -0.05) is 23.8 Å². The zero-order chi connectivity index (χ0) is 14.7. The van der Waals surface area contributed by atoms with Crippen LogP contribution in [0.25, 0.3) is 0 Å². The second-order valence-electron chi connectivity index (χ2n) is 6.07. The van der Waals surface area contributed by atoms with Gasteiger partial charge >= 0.3 is 0 Å². The number of hydrogen-bond donors (Lipinski definition) is 1. The molecule has 1 aliphatic rings. The Labute approximate surface area is 123 Å². The van der Waals surface area contributed by atoms with Crippen molar-refractivity contribution in [2.45, 2.75) is 45.4 Å². The van der Waals surface area contributed by atoms with Gasteiger partial charge in [-0.05, 0) is 52.4 Å². The van der Waals surface area contributed by atoms with Gasteiger partial charge in [-0.2, -0.15) is 0 Å². The molecule has 1 N–H and O–H groups in total. The van der Waals surface area contributed by atoms with Gasteiger partial charge in [0.05, 0.1) is 6.10 Å². The maximum absolute atomic E-state index is 5.68. The molecule has 3 heteroatoms. The summed E-state index contributed by atoms with van der Waals surface area (Å²) in [6.45, 7) is 8.44. The van der Waals surface area contributed by atoms with Gasteiger partial charge in [0, 0.05) is 25.2 Å². The number of aryl methyl sites for hydroxylation is 2. The molecule has 1 heterocycles. The van der Waals surface area contributed by atoms with E-state index in [4.69, 9.17) is 4.74 Å². The van der Waals surface area contributed by atoms with Crippen LogP contribution in [0, 0.1) is 13.8 Å². The van der Waals surface area contributed by atoms with Gasteiger partial charge in [-0.15, -0.1) is 0 Å². The largest absolute Gasteiger partial charge is 0.377 e. The molecule has 0 saturated carbocycles. The molecular formula is C17H28N2O. The van der Waals surface area contributed by atoms with Crippen LogP contribution in [-0.2, 0) is 4.74 Å². The molecule has 1 aromatic rings. The third-order valence-corrected chi connectivity index (χ3v) is 4.52. The van der Waals surface area contributed by atoms with E-state index < -0.39 is 0 Å². The van der Waals surface area contributed by atoms with Crippen molar-refractivity contribution in [3.05, 3.63) is 34.9 Å². The fraction of sp³-hybridized carbons (Fsp3) is 0.647. The van der Waals surface area contributed by atoms with Crippen LogP contribution < -0.4 is 5.32 Å². The Morgan fingerprint density at radius 1 is 1.40 bits per heavy atom. The molecule has 1 saturated heterocycles. The molecule has 20 heavy (non-hydrogen) atoms. The lowest BCUT2D eigenvalue weighted by Crippen LogP contribution is -2.41. The maximum atomic E-state index is 5.68. The Hall–Kier alpha value is -0.900. The summed E-state index contributed by atoms with van der Waals surface area (Å²) in [5.41, 5.74) is 4.09. The van der Waals surface area contributed by atoms with Crippen molar-refractivity contribution in [3.63, 3.8) is 0 Å². The number of nitrogens with zero attached hydrogens (tertiary/aromatic N) is 1. The summed E-state index contributed by atoms with van der Waals surface area (Å²) in [6, 6.07) is 7.63. The third-order valence-electron chi connectivity index (χ3n) is 4.52. The number of ether oxygens (including phenoxy) is 1. The molecule has 0 bridgehead atoms. The van der Waals surface area contributed by atoms with Crippen molar-refractivity contribution in [1.82, 2.24) is 10.2 Å². The highest BCUT2D eigenvalue weighted by Crippen LogP contribution is 2.23. The van der Waals surface area contributed by atoms with E-state index in [2.05, 4.69) is 56.2 Å². The summed E-state index contributed by atoms with van der Waals surface area (Å²) in [4.78, 5) is 2.44. The van der Waals surface area contributed by atoms with Gasteiger partial charge < -0.3 is 10.1 Å². The third kappa shape index (κ3) is 3.40. The lowest BCUT2D eigenvalue weighted by atomic mass is 9.98. The van der Waals surface area contributed by atoms with E-state index in [9.17, 15) is 0 Å². The minimum absolute atomic E-state index is 0.344. The Kier molecular flexibility index (Phi) is 5.19. The predicted octanol–water partition coefficient (Wildman–Crippen LogP) is 2.67. The fourth-order valence-corrected chi connectivity index (χ4v) is 3.28. The highest BCUT2D eigenvalue weighted by atomic mass is 16.5. The second-order valence-corrected chi connectivity index (χ2v) is 6.07. The van der Waals surface area contributed by atoms with E-state index in [1.165, 1.54) is 16.7 Å². The summed E-state index contributed by atoms with van der Waals surface area (Å²) in [7, 11) is 4.26. The van der Waals surface area contributed by atoms with E-state index in [0.29, 0.717) is 18.2 Å². The first-order valence-corrected chi connectivity index (χ1v) is 7.59. The standard InChI is InChI=1S/C17H28N2O/c1-12-6-7-15(13(2)10-12)16(18-4)11-19(5)17-8-9-20-14(17)3/h6-7,10,14,16-18H,8-9,11H2,1-5H3. The molecule has 2 rings (SSSR count). The minimum Gasteiger partial charge on any atom is -0.377 e. The molecule has 1 fully saturated rings. The van der Waals surface area contributed by atoms with Crippen LogP contribution in [0.3, 0.4) is 0 Å². The highest BCUT2D eigenvalue weighted by Gasteiger charge is 2.29. The molecule has 112 valence electrons. The summed E-state index contributed by atoms with van der Waals surface area (Å²) in [5.74, 6) is 0. The monoisotopic (exact) mass is 276 g/mol. The lowest BCUT2D eigenvalue weighted by Gasteiger charge is -2.31. The van der Waals surface area contributed by atoms with Crippen LogP contribution >= 0.6 is 0 Å². The molecule has 0 aromatic heterocycles. The summed E-state index contributed by atoms with van der Waals surface area (Å²) < 4.78 is 5.68. The van der Waals surface area contributed by atoms with Crippen LogP contribution in [0.2, 0.25) is 0 Å². The summed E-state index contributed by atoms with van der Waals surface area (Å²) in [6.07, 6.45) is 1.48. The van der Waals surface area contributed by atoms with E-state index in [-0.39, 0.29) is 0 Å². The van der Waals surface area contributed by atoms with Crippen molar-refractivity contribution in [2.24, 2.45) is 0 Å². The first-order valence-electron chi connectivity index (χ1n) is 7.59. The Bertz CT molecular complexity index is 447. The van der Waals surface area contributed by atoms with E-state index in [1.54, 1.807) is 0 Å². The van der Waals surface area contributed by atoms with Gasteiger partial charge in [-0.3, -0.25) is 4.90 Å². The zero-order valence-corrected chi connectivity index (χ0v) is 13.4. The van der Waals surface area contributed by atoms with Crippen LogP contribution in [-0.4, -0.2) is 44.3 Å². The lowest BCUT2D eigenvalue weighted by molar-refractivity contribution is 0.0806. The molecule has 0 amide bonds. The zero-order valence-electron chi connectivity index (χ0n) is 13.4. The molecule has 0 spiro atoms. The van der Waals surface area contributed by atoms with Crippen LogP contribution in [0.5, 0.6) is 0 Å². The molecule has 3 nitrogen and oxygen atoms in total. The van der Waals surface area contributed by atoms with Gasteiger partial charge in [-0.25, -0.2) is 0 Å². The van der Waals surface area contributed by atoms with Crippen molar-refractivity contribution in [1.29, 1.82) is 0 Å². The average Bonchev–Trinajstić information content (AvgIpc) is 2.83. The molecule has 0 aliphatic carbocycles. The summed E-state index contributed by atoms with van der Waals surface area (Å²) in [5, 5.41) is 3.47. The Balaban J connectivity index is 2.08. The highest BCUT2D eigenvalue weighted by molar-refractivity contribution is 5.33. The molecule has 3 unspecified atom stereocenters. The van der Waals surface area contributed by atoms with Crippen LogP contribution in [0.15, 0.2) is 18.2 Å².